The molecule has 7 nitrogen and oxygen atoms in total. The van der Waals surface area contributed by atoms with E-state index in [9.17, 15) is 13.2 Å². The van der Waals surface area contributed by atoms with E-state index < -0.39 is 10.0 Å². The maximum Gasteiger partial charge on any atom is 0.257 e. The number of amides is 1. The van der Waals surface area contributed by atoms with E-state index in [0.717, 1.165) is 18.4 Å². The maximum absolute atomic E-state index is 12.7. The van der Waals surface area contributed by atoms with E-state index in [4.69, 9.17) is 4.74 Å². The van der Waals surface area contributed by atoms with Gasteiger partial charge in [-0.15, -0.1) is 0 Å². The Kier molecular flexibility index (Phi) is 6.29. The first kappa shape index (κ1) is 21.0. The lowest BCUT2D eigenvalue weighted by Gasteiger charge is -2.15. The van der Waals surface area contributed by atoms with E-state index in [2.05, 4.69) is 10.3 Å². The molecule has 1 aromatic heterocycles. The van der Waals surface area contributed by atoms with Crippen molar-refractivity contribution in [3.8, 4) is 11.6 Å². The van der Waals surface area contributed by atoms with E-state index in [0.29, 0.717) is 24.4 Å². The van der Waals surface area contributed by atoms with Crippen molar-refractivity contribution in [3.05, 3.63) is 84.1 Å². The van der Waals surface area contributed by atoms with Crippen LogP contribution in [0.4, 0.5) is 0 Å². The maximum atomic E-state index is 12.7. The summed E-state index contributed by atoms with van der Waals surface area (Å²) in [6, 6.07) is 19.0. The summed E-state index contributed by atoms with van der Waals surface area (Å²) in [7, 11) is -3.44. The highest BCUT2D eigenvalue weighted by molar-refractivity contribution is 7.89. The fourth-order valence-electron chi connectivity index (χ4n) is 3.38. The van der Waals surface area contributed by atoms with Gasteiger partial charge in [0.1, 0.15) is 11.3 Å². The lowest BCUT2D eigenvalue weighted by molar-refractivity contribution is 0.0948. The number of benzene rings is 2. The minimum Gasteiger partial charge on any atom is -0.438 e. The topological polar surface area (TPSA) is 88.6 Å². The van der Waals surface area contributed by atoms with E-state index >= 15 is 0 Å². The van der Waals surface area contributed by atoms with Crippen LogP contribution in [-0.4, -0.2) is 36.7 Å². The quantitative estimate of drug-likeness (QED) is 0.610. The monoisotopic (exact) mass is 437 g/mol. The molecule has 0 bridgehead atoms. The minimum absolute atomic E-state index is 0.221. The Labute approximate surface area is 181 Å². The molecular formula is C23H23N3O4S. The minimum atomic E-state index is -3.44. The van der Waals surface area contributed by atoms with Crippen molar-refractivity contribution in [1.82, 2.24) is 14.6 Å². The zero-order valence-electron chi connectivity index (χ0n) is 16.9. The largest absolute Gasteiger partial charge is 0.438 e. The van der Waals surface area contributed by atoms with Gasteiger partial charge in [0, 0.05) is 25.8 Å². The van der Waals surface area contributed by atoms with Gasteiger partial charge in [-0.25, -0.2) is 13.4 Å². The average Bonchev–Trinajstić information content (AvgIpc) is 3.35. The lowest BCUT2D eigenvalue weighted by atomic mass is 10.2. The van der Waals surface area contributed by atoms with Gasteiger partial charge in [0.25, 0.3) is 5.91 Å². The van der Waals surface area contributed by atoms with Crippen LogP contribution in [0, 0.1) is 0 Å². The molecule has 0 radical (unpaired) electrons. The van der Waals surface area contributed by atoms with E-state index in [1.807, 2.05) is 18.2 Å². The van der Waals surface area contributed by atoms with Gasteiger partial charge in [0.05, 0.1) is 4.90 Å². The first-order chi connectivity index (χ1) is 15.0. The van der Waals surface area contributed by atoms with Gasteiger partial charge < -0.3 is 10.1 Å². The zero-order chi connectivity index (χ0) is 21.7. The zero-order valence-corrected chi connectivity index (χ0v) is 17.7. The summed E-state index contributed by atoms with van der Waals surface area (Å²) >= 11 is 0. The number of carbonyl (C=O) groups excluding carboxylic acids is 1. The molecule has 1 saturated heterocycles. The Morgan fingerprint density at radius 2 is 1.68 bits per heavy atom. The molecule has 0 unspecified atom stereocenters. The second-order valence-electron chi connectivity index (χ2n) is 7.21. The van der Waals surface area contributed by atoms with Crippen molar-refractivity contribution < 1.29 is 17.9 Å². The Balaban J connectivity index is 1.41. The third kappa shape index (κ3) is 4.92. The first-order valence-electron chi connectivity index (χ1n) is 10.1. The van der Waals surface area contributed by atoms with Crippen molar-refractivity contribution in [2.45, 2.75) is 24.3 Å². The Morgan fingerprint density at radius 1 is 0.968 bits per heavy atom. The third-order valence-corrected chi connectivity index (χ3v) is 6.97. The van der Waals surface area contributed by atoms with Crippen molar-refractivity contribution in [2.24, 2.45) is 0 Å². The van der Waals surface area contributed by atoms with Crippen LogP contribution in [0.2, 0.25) is 0 Å². The Bertz CT molecular complexity index is 1140. The number of sulfonamides is 1. The van der Waals surface area contributed by atoms with Crippen LogP contribution < -0.4 is 10.1 Å². The van der Waals surface area contributed by atoms with Gasteiger partial charge in [-0.2, -0.15) is 4.31 Å². The molecule has 3 aromatic rings. The normalized spacial score (nSPS) is 14.3. The van der Waals surface area contributed by atoms with Crippen LogP contribution >= 0.6 is 0 Å². The third-order valence-electron chi connectivity index (χ3n) is 5.05. The van der Waals surface area contributed by atoms with Crippen LogP contribution in [0.1, 0.15) is 28.8 Å². The van der Waals surface area contributed by atoms with Gasteiger partial charge in [0.15, 0.2) is 0 Å². The van der Waals surface area contributed by atoms with Crippen LogP contribution in [-0.2, 0) is 16.6 Å². The smallest absolute Gasteiger partial charge is 0.257 e. The summed E-state index contributed by atoms with van der Waals surface area (Å²) in [5.74, 6) is 0.483. The molecular weight excluding hydrogens is 414 g/mol. The molecule has 31 heavy (non-hydrogen) atoms. The highest BCUT2D eigenvalue weighted by Crippen LogP contribution is 2.23. The predicted octanol–water partition coefficient (Wildman–Crippen LogP) is 3.59. The van der Waals surface area contributed by atoms with E-state index in [-0.39, 0.29) is 23.2 Å². The first-order valence-corrected chi connectivity index (χ1v) is 11.5. The Morgan fingerprint density at radius 3 is 2.39 bits per heavy atom. The van der Waals surface area contributed by atoms with E-state index in [1.54, 1.807) is 54.7 Å². The van der Waals surface area contributed by atoms with Crippen LogP contribution in [0.15, 0.2) is 77.8 Å². The number of pyridine rings is 1. The van der Waals surface area contributed by atoms with Crippen LogP contribution in [0.5, 0.6) is 11.6 Å². The highest BCUT2D eigenvalue weighted by atomic mass is 32.2. The molecule has 0 aliphatic carbocycles. The molecule has 160 valence electrons. The SMILES string of the molecule is O=C(NCc1ccc(S(=O)(=O)N2CCCC2)cc1)c1cccnc1Oc1ccccc1. The van der Waals surface area contributed by atoms with Gasteiger partial charge in [0.2, 0.25) is 15.9 Å². The number of aromatic nitrogens is 1. The van der Waals surface area contributed by atoms with Crippen molar-refractivity contribution >= 4 is 15.9 Å². The number of rotatable bonds is 7. The molecule has 1 fully saturated rings. The van der Waals surface area contributed by atoms with Gasteiger partial charge in [-0.1, -0.05) is 30.3 Å². The summed E-state index contributed by atoms with van der Waals surface area (Å²) in [6.45, 7) is 1.39. The number of para-hydroxylation sites is 1. The molecule has 0 spiro atoms. The predicted molar refractivity (Wildman–Crippen MR) is 116 cm³/mol. The molecule has 1 amide bonds. The number of hydrogen-bond acceptors (Lipinski definition) is 5. The lowest BCUT2D eigenvalue weighted by Crippen LogP contribution is -2.28. The number of hydrogen-bond donors (Lipinski definition) is 1. The fraction of sp³-hybridized carbons (Fsp3) is 0.217. The number of carbonyl (C=O) groups is 1. The molecule has 1 aliphatic rings. The fourth-order valence-corrected chi connectivity index (χ4v) is 4.90. The summed E-state index contributed by atoms with van der Waals surface area (Å²) in [6.07, 6.45) is 3.36. The molecule has 0 saturated carbocycles. The van der Waals surface area contributed by atoms with Gasteiger partial charge in [-0.3, -0.25) is 4.79 Å². The molecule has 8 heteroatoms. The van der Waals surface area contributed by atoms with Crippen molar-refractivity contribution in [1.29, 1.82) is 0 Å². The number of ether oxygens (including phenoxy) is 1. The molecule has 0 atom stereocenters. The summed E-state index contributed by atoms with van der Waals surface area (Å²) in [5, 5.41) is 2.84. The summed E-state index contributed by atoms with van der Waals surface area (Å²) in [5.41, 5.74) is 1.11. The highest BCUT2D eigenvalue weighted by Gasteiger charge is 2.26. The number of nitrogens with zero attached hydrogens (tertiary/aromatic N) is 2. The molecule has 1 N–H and O–H groups in total. The Hall–Kier alpha value is -3.23. The van der Waals surface area contributed by atoms with Gasteiger partial charge >= 0.3 is 0 Å². The molecule has 2 aromatic carbocycles. The number of nitrogens with one attached hydrogen (secondary N) is 1. The molecule has 4 rings (SSSR count). The second kappa shape index (κ2) is 9.28. The summed E-state index contributed by atoms with van der Waals surface area (Å²) in [4.78, 5) is 17.1. The van der Waals surface area contributed by atoms with E-state index in [1.165, 1.54) is 4.31 Å². The van der Waals surface area contributed by atoms with Crippen molar-refractivity contribution in [2.75, 3.05) is 13.1 Å². The van der Waals surface area contributed by atoms with Crippen LogP contribution in [0.3, 0.4) is 0 Å². The van der Waals surface area contributed by atoms with Gasteiger partial charge in [-0.05, 0) is 54.8 Å². The standard InChI is InChI=1S/C23H23N3O4S/c27-22(21-9-6-14-24-23(21)30-19-7-2-1-3-8-19)25-17-18-10-12-20(13-11-18)31(28,29)26-15-4-5-16-26/h1-3,6-14H,4-5,15-17H2,(H,25,27). The van der Waals surface area contributed by atoms with Crippen LogP contribution in [0.25, 0.3) is 0 Å². The molecule has 2 heterocycles. The molecule has 1 aliphatic heterocycles. The summed E-state index contributed by atoms with van der Waals surface area (Å²) < 4.78 is 32.5. The van der Waals surface area contributed by atoms with Crippen molar-refractivity contribution in [3.63, 3.8) is 0 Å². The second-order valence-corrected chi connectivity index (χ2v) is 9.15. The average molecular weight is 438 g/mol.